The van der Waals surface area contributed by atoms with Crippen LogP contribution in [0.25, 0.3) is 11.1 Å². The molecule has 32 heavy (non-hydrogen) atoms. The second-order valence-corrected chi connectivity index (χ2v) is 8.11. The molecular weight excluding hydrogens is 428 g/mol. The number of primary amides is 1. The molecule has 0 aliphatic carbocycles. The molecule has 4 rings (SSSR count). The smallest absolute Gasteiger partial charge is 0.254 e. The van der Waals surface area contributed by atoms with Crippen LogP contribution in [0.3, 0.4) is 0 Å². The van der Waals surface area contributed by atoms with Crippen LogP contribution in [0.1, 0.15) is 23.2 Å². The monoisotopic (exact) mass is 452 g/mol. The molecule has 3 aromatic rings. The maximum absolute atomic E-state index is 12.0. The molecule has 1 atom stereocenters. The number of methoxy groups -OCH3 is 1. The Hall–Kier alpha value is -3.36. The van der Waals surface area contributed by atoms with E-state index in [0.29, 0.717) is 34.8 Å². The molecule has 2 heterocycles. The predicted octanol–water partition coefficient (Wildman–Crippen LogP) is 3.58. The lowest BCUT2D eigenvalue weighted by atomic mass is 10.0. The number of nitrogens with zero attached hydrogens (tertiary/aromatic N) is 3. The fraction of sp³-hybridized carbons (Fsp3) is 0.261. The molecule has 0 spiro atoms. The molecule has 166 valence electrons. The van der Waals surface area contributed by atoms with Crippen molar-refractivity contribution in [1.82, 2.24) is 9.97 Å². The van der Waals surface area contributed by atoms with E-state index in [4.69, 9.17) is 27.8 Å². The highest BCUT2D eigenvalue weighted by Gasteiger charge is 2.21. The summed E-state index contributed by atoms with van der Waals surface area (Å²) in [4.78, 5) is 23.0. The first kappa shape index (κ1) is 21.9. The van der Waals surface area contributed by atoms with Crippen molar-refractivity contribution in [2.75, 3.05) is 30.4 Å². The van der Waals surface area contributed by atoms with Crippen molar-refractivity contribution in [1.29, 1.82) is 0 Å². The van der Waals surface area contributed by atoms with E-state index in [-0.39, 0.29) is 11.6 Å². The minimum Gasteiger partial charge on any atom is -0.497 e. The third-order valence-electron chi connectivity index (χ3n) is 5.37. The lowest BCUT2D eigenvalue weighted by Crippen LogP contribution is -2.43. The highest BCUT2D eigenvalue weighted by Crippen LogP contribution is 2.34. The third-order valence-corrected chi connectivity index (χ3v) is 5.70. The normalized spacial score (nSPS) is 16.0. The van der Waals surface area contributed by atoms with Crippen molar-refractivity contribution < 1.29 is 9.53 Å². The lowest BCUT2D eigenvalue weighted by Gasteiger charge is -2.31. The molecule has 1 aromatic heterocycles. The molecule has 5 N–H and O–H groups in total. The summed E-state index contributed by atoms with van der Waals surface area (Å²) in [6.45, 7) is 1.46. The van der Waals surface area contributed by atoms with Crippen molar-refractivity contribution in [2.45, 2.75) is 18.9 Å². The number of amides is 1. The van der Waals surface area contributed by atoms with Crippen LogP contribution in [0.5, 0.6) is 5.75 Å². The van der Waals surface area contributed by atoms with Crippen molar-refractivity contribution >= 4 is 35.0 Å². The van der Waals surface area contributed by atoms with Gasteiger partial charge in [0.05, 0.1) is 7.11 Å². The Labute approximate surface area is 191 Å². The summed E-state index contributed by atoms with van der Waals surface area (Å²) >= 11 is 6.39. The lowest BCUT2D eigenvalue weighted by molar-refractivity contribution is 0.100. The highest BCUT2D eigenvalue weighted by molar-refractivity contribution is 6.33. The SMILES string of the molecule is COc1cc(Nc2nc(N3CCC[C@H](N)C3)ncc2C(N)=O)cc(-c2ccccc2Cl)c1. The maximum atomic E-state index is 12.0. The van der Waals surface area contributed by atoms with Crippen molar-refractivity contribution in [2.24, 2.45) is 11.5 Å². The van der Waals surface area contributed by atoms with Crippen LogP contribution in [0.15, 0.2) is 48.7 Å². The summed E-state index contributed by atoms with van der Waals surface area (Å²) in [7, 11) is 1.59. The molecule has 1 amide bonds. The van der Waals surface area contributed by atoms with Crippen LogP contribution in [0, 0.1) is 0 Å². The highest BCUT2D eigenvalue weighted by atomic mass is 35.5. The van der Waals surface area contributed by atoms with Gasteiger partial charge in [0.1, 0.15) is 17.1 Å². The second kappa shape index (κ2) is 9.42. The summed E-state index contributed by atoms with van der Waals surface area (Å²) in [6.07, 6.45) is 3.37. The van der Waals surface area contributed by atoms with Gasteiger partial charge in [-0.15, -0.1) is 0 Å². The summed E-state index contributed by atoms with van der Waals surface area (Å²) < 4.78 is 5.47. The summed E-state index contributed by atoms with van der Waals surface area (Å²) in [6, 6.07) is 13.2. The van der Waals surface area contributed by atoms with E-state index in [9.17, 15) is 4.79 Å². The molecular formula is C23H25ClN6O2. The number of carbonyl (C=O) groups is 1. The number of anilines is 3. The van der Waals surface area contributed by atoms with E-state index >= 15 is 0 Å². The fourth-order valence-electron chi connectivity index (χ4n) is 3.77. The standard InChI is InChI=1S/C23H25ClN6O2/c1-32-17-10-14(18-6-2-3-7-20(18)24)9-16(11-17)28-22-19(21(26)31)12-27-23(29-22)30-8-4-5-15(25)13-30/h2-3,6-7,9-12,15H,4-5,8,13,25H2,1H3,(H2,26,31)(H,27,28,29)/t15-/m0/s1. The van der Waals surface area contributed by atoms with Crippen molar-refractivity contribution in [3.63, 3.8) is 0 Å². The Balaban J connectivity index is 1.72. The van der Waals surface area contributed by atoms with Crippen molar-refractivity contribution in [3.05, 3.63) is 59.2 Å². The van der Waals surface area contributed by atoms with Crippen LogP contribution >= 0.6 is 11.6 Å². The summed E-state index contributed by atoms with van der Waals surface area (Å²) in [5.74, 6) is 0.826. The maximum Gasteiger partial charge on any atom is 0.254 e. The van der Waals surface area contributed by atoms with Crippen LogP contribution in [-0.4, -0.2) is 42.1 Å². The average molecular weight is 453 g/mol. The third kappa shape index (κ3) is 4.76. The number of aromatic nitrogens is 2. The molecule has 1 aliphatic rings. The van der Waals surface area contributed by atoms with Gasteiger partial charge >= 0.3 is 0 Å². The largest absolute Gasteiger partial charge is 0.497 e. The molecule has 0 unspecified atom stereocenters. The zero-order valence-corrected chi connectivity index (χ0v) is 18.5. The van der Waals surface area contributed by atoms with Gasteiger partial charge in [0.25, 0.3) is 5.91 Å². The summed E-state index contributed by atoms with van der Waals surface area (Å²) in [5, 5.41) is 3.84. The Bertz CT molecular complexity index is 1140. The molecule has 0 saturated carbocycles. The number of ether oxygens (including phenoxy) is 1. The van der Waals surface area contributed by atoms with E-state index in [1.54, 1.807) is 7.11 Å². The molecule has 2 aromatic carbocycles. The average Bonchev–Trinajstić information content (AvgIpc) is 2.79. The number of rotatable bonds is 6. The number of piperidine rings is 1. The van der Waals surface area contributed by atoms with E-state index in [1.165, 1.54) is 6.20 Å². The fourth-order valence-corrected chi connectivity index (χ4v) is 4.01. The molecule has 9 heteroatoms. The second-order valence-electron chi connectivity index (χ2n) is 7.70. The predicted molar refractivity (Wildman–Crippen MR) is 127 cm³/mol. The van der Waals surface area contributed by atoms with Gasteiger partial charge in [0.15, 0.2) is 0 Å². The van der Waals surface area contributed by atoms with Gasteiger partial charge in [0.2, 0.25) is 5.95 Å². The van der Waals surface area contributed by atoms with Crippen LogP contribution < -0.4 is 26.4 Å². The Morgan fingerprint density at radius 3 is 2.81 bits per heavy atom. The number of hydrogen-bond acceptors (Lipinski definition) is 7. The first-order valence-electron chi connectivity index (χ1n) is 10.3. The zero-order chi connectivity index (χ0) is 22.7. The molecule has 0 radical (unpaired) electrons. The number of benzene rings is 2. The quantitative estimate of drug-likeness (QED) is 0.522. The van der Waals surface area contributed by atoms with Gasteiger partial charge in [-0.25, -0.2) is 4.98 Å². The molecule has 0 bridgehead atoms. The van der Waals surface area contributed by atoms with Gasteiger partial charge in [0, 0.05) is 47.7 Å². The Morgan fingerprint density at radius 2 is 2.09 bits per heavy atom. The number of hydrogen-bond donors (Lipinski definition) is 3. The van der Waals surface area contributed by atoms with Gasteiger partial charge in [-0.2, -0.15) is 4.98 Å². The van der Waals surface area contributed by atoms with Crippen LogP contribution in [0.4, 0.5) is 17.5 Å². The number of carbonyl (C=O) groups excluding carboxylic acids is 1. The molecule has 8 nitrogen and oxygen atoms in total. The van der Waals surface area contributed by atoms with Gasteiger partial charge in [-0.05, 0) is 36.6 Å². The number of halogens is 1. The molecule has 1 saturated heterocycles. The van der Waals surface area contributed by atoms with E-state index in [1.807, 2.05) is 47.4 Å². The van der Waals surface area contributed by atoms with Crippen LogP contribution in [0.2, 0.25) is 5.02 Å². The zero-order valence-electron chi connectivity index (χ0n) is 17.7. The molecule has 1 fully saturated rings. The van der Waals surface area contributed by atoms with Gasteiger partial charge < -0.3 is 26.4 Å². The number of nitrogens with two attached hydrogens (primary N) is 2. The topological polar surface area (TPSA) is 119 Å². The first-order valence-corrected chi connectivity index (χ1v) is 10.7. The van der Waals surface area contributed by atoms with E-state index < -0.39 is 5.91 Å². The Morgan fingerprint density at radius 1 is 1.28 bits per heavy atom. The van der Waals surface area contributed by atoms with Gasteiger partial charge in [-0.3, -0.25) is 4.79 Å². The van der Waals surface area contributed by atoms with E-state index in [2.05, 4.69) is 15.3 Å². The van der Waals surface area contributed by atoms with Crippen LogP contribution in [-0.2, 0) is 0 Å². The summed E-state index contributed by atoms with van der Waals surface area (Å²) in [5.41, 5.74) is 14.3. The minimum absolute atomic E-state index is 0.0659. The molecule has 1 aliphatic heterocycles. The van der Waals surface area contributed by atoms with Gasteiger partial charge in [-0.1, -0.05) is 29.8 Å². The first-order chi connectivity index (χ1) is 15.4. The van der Waals surface area contributed by atoms with E-state index in [0.717, 1.165) is 30.5 Å². The minimum atomic E-state index is -0.622. The Kier molecular flexibility index (Phi) is 6.43. The number of nitrogens with one attached hydrogen (secondary N) is 1. The van der Waals surface area contributed by atoms with Crippen molar-refractivity contribution in [3.8, 4) is 16.9 Å².